The Kier molecular flexibility index (Phi) is 1.80. The van der Waals surface area contributed by atoms with Crippen LogP contribution in [0, 0.1) is 17.3 Å². The highest BCUT2D eigenvalue weighted by atomic mass is 16.3. The summed E-state index contributed by atoms with van der Waals surface area (Å²) in [7, 11) is 0. The molecule has 0 heterocycles. The molecular weight excluding hydrogens is 124 g/mol. The maximum atomic E-state index is 9.23. The molecule has 0 amide bonds. The van der Waals surface area contributed by atoms with E-state index in [9.17, 15) is 5.11 Å². The molecule has 0 aromatic heterocycles. The van der Waals surface area contributed by atoms with Gasteiger partial charge < -0.3 is 5.11 Å². The lowest BCUT2D eigenvalue weighted by atomic mass is 9.88. The molecule has 1 rings (SSSR count). The van der Waals surface area contributed by atoms with Gasteiger partial charge >= 0.3 is 0 Å². The van der Waals surface area contributed by atoms with Crippen LogP contribution in [0.15, 0.2) is 0 Å². The third-order valence-electron chi connectivity index (χ3n) is 2.57. The van der Waals surface area contributed by atoms with E-state index in [0.29, 0.717) is 11.3 Å². The standard InChI is InChI=1S/C9H18O/c1-6(10)7-5-8(7)9(2,3)4/h6-8,10H,5H2,1-4H3/t6-,7+,8-/m1/s1. The summed E-state index contributed by atoms with van der Waals surface area (Å²) in [5.74, 6) is 1.34. The van der Waals surface area contributed by atoms with E-state index in [4.69, 9.17) is 0 Å². The van der Waals surface area contributed by atoms with Crippen LogP contribution in [0.1, 0.15) is 34.1 Å². The largest absolute Gasteiger partial charge is 0.393 e. The highest BCUT2D eigenvalue weighted by Gasteiger charge is 2.47. The summed E-state index contributed by atoms with van der Waals surface area (Å²) >= 11 is 0. The van der Waals surface area contributed by atoms with Crippen molar-refractivity contribution in [2.45, 2.75) is 40.2 Å². The number of hydrogen-bond acceptors (Lipinski definition) is 1. The summed E-state index contributed by atoms with van der Waals surface area (Å²) in [6.07, 6.45) is 1.13. The Bertz CT molecular complexity index is 121. The number of aliphatic hydroxyl groups excluding tert-OH is 1. The first-order valence-electron chi connectivity index (χ1n) is 4.11. The van der Waals surface area contributed by atoms with Crippen molar-refractivity contribution in [3.63, 3.8) is 0 Å². The molecular formula is C9H18O. The van der Waals surface area contributed by atoms with Crippen molar-refractivity contribution in [2.75, 3.05) is 0 Å². The molecule has 0 aliphatic heterocycles. The van der Waals surface area contributed by atoms with Crippen LogP contribution in [0.3, 0.4) is 0 Å². The zero-order chi connectivity index (χ0) is 7.94. The molecule has 0 radical (unpaired) electrons. The number of aliphatic hydroxyl groups is 1. The lowest BCUT2D eigenvalue weighted by molar-refractivity contribution is 0.149. The predicted octanol–water partition coefficient (Wildman–Crippen LogP) is 2.05. The Labute approximate surface area is 63.4 Å². The van der Waals surface area contributed by atoms with E-state index < -0.39 is 0 Å². The molecule has 0 aromatic rings. The Morgan fingerprint density at radius 2 is 1.90 bits per heavy atom. The molecule has 3 atom stereocenters. The first-order chi connectivity index (χ1) is 4.43. The molecule has 10 heavy (non-hydrogen) atoms. The lowest BCUT2D eigenvalue weighted by Gasteiger charge is -2.18. The lowest BCUT2D eigenvalue weighted by Crippen LogP contribution is -2.14. The van der Waals surface area contributed by atoms with Gasteiger partial charge in [-0.3, -0.25) is 0 Å². The van der Waals surface area contributed by atoms with E-state index in [1.165, 1.54) is 6.42 Å². The average molecular weight is 142 g/mol. The SMILES string of the molecule is C[C@@H](O)[C@@H]1C[C@H]1C(C)(C)C. The molecule has 0 unspecified atom stereocenters. The molecule has 1 heteroatoms. The topological polar surface area (TPSA) is 20.2 Å². The van der Waals surface area contributed by atoms with Crippen molar-refractivity contribution in [1.82, 2.24) is 0 Å². The minimum atomic E-state index is -0.0933. The fourth-order valence-electron chi connectivity index (χ4n) is 1.74. The van der Waals surface area contributed by atoms with Crippen LogP contribution >= 0.6 is 0 Å². The van der Waals surface area contributed by atoms with E-state index in [2.05, 4.69) is 20.8 Å². The molecule has 1 aliphatic rings. The van der Waals surface area contributed by atoms with Gasteiger partial charge in [0.05, 0.1) is 6.10 Å². The fraction of sp³-hybridized carbons (Fsp3) is 1.00. The van der Waals surface area contributed by atoms with Crippen molar-refractivity contribution in [2.24, 2.45) is 17.3 Å². The average Bonchev–Trinajstić information content (AvgIpc) is 2.35. The predicted molar refractivity (Wildman–Crippen MR) is 42.7 cm³/mol. The second-order valence-electron chi connectivity index (χ2n) is 4.61. The van der Waals surface area contributed by atoms with Crippen LogP contribution in [0.25, 0.3) is 0 Å². The van der Waals surface area contributed by atoms with Crippen LogP contribution in [-0.2, 0) is 0 Å². The minimum absolute atomic E-state index is 0.0933. The van der Waals surface area contributed by atoms with Gasteiger partial charge in [-0.15, -0.1) is 0 Å². The Hall–Kier alpha value is -0.0400. The molecule has 1 fully saturated rings. The summed E-state index contributed by atoms with van der Waals surface area (Å²) in [6, 6.07) is 0. The minimum Gasteiger partial charge on any atom is -0.393 e. The molecule has 0 saturated heterocycles. The number of rotatable bonds is 1. The summed E-state index contributed by atoms with van der Waals surface area (Å²) in [4.78, 5) is 0. The summed E-state index contributed by atoms with van der Waals surface area (Å²) < 4.78 is 0. The zero-order valence-corrected chi connectivity index (χ0v) is 7.39. The summed E-state index contributed by atoms with van der Waals surface area (Å²) in [6.45, 7) is 8.65. The Morgan fingerprint density at radius 3 is 2.00 bits per heavy atom. The molecule has 1 nitrogen and oxygen atoms in total. The van der Waals surface area contributed by atoms with Gasteiger partial charge in [-0.1, -0.05) is 20.8 Å². The van der Waals surface area contributed by atoms with Crippen molar-refractivity contribution in [3.05, 3.63) is 0 Å². The highest BCUT2D eigenvalue weighted by molar-refractivity contribution is 4.96. The van der Waals surface area contributed by atoms with Crippen LogP contribution in [0.5, 0.6) is 0 Å². The molecule has 1 saturated carbocycles. The maximum Gasteiger partial charge on any atom is 0.0543 e. The van der Waals surface area contributed by atoms with Crippen LogP contribution in [0.2, 0.25) is 0 Å². The van der Waals surface area contributed by atoms with Crippen molar-refractivity contribution in [1.29, 1.82) is 0 Å². The molecule has 1 aliphatic carbocycles. The Morgan fingerprint density at radius 1 is 1.40 bits per heavy atom. The van der Waals surface area contributed by atoms with E-state index in [1.807, 2.05) is 6.92 Å². The zero-order valence-electron chi connectivity index (χ0n) is 7.39. The van der Waals surface area contributed by atoms with E-state index in [0.717, 1.165) is 5.92 Å². The van der Waals surface area contributed by atoms with Crippen molar-refractivity contribution >= 4 is 0 Å². The van der Waals surface area contributed by atoms with E-state index in [-0.39, 0.29) is 6.10 Å². The third kappa shape index (κ3) is 1.51. The first kappa shape index (κ1) is 8.06. The second kappa shape index (κ2) is 2.23. The van der Waals surface area contributed by atoms with E-state index >= 15 is 0 Å². The first-order valence-corrected chi connectivity index (χ1v) is 4.11. The molecule has 0 spiro atoms. The monoisotopic (exact) mass is 142 g/mol. The molecule has 1 N–H and O–H groups in total. The Balaban J connectivity index is 2.39. The van der Waals surface area contributed by atoms with Gasteiger partial charge in [0, 0.05) is 0 Å². The summed E-state index contributed by atoms with van der Waals surface area (Å²) in [5, 5.41) is 9.23. The van der Waals surface area contributed by atoms with Crippen molar-refractivity contribution in [3.8, 4) is 0 Å². The second-order valence-corrected chi connectivity index (χ2v) is 4.61. The van der Waals surface area contributed by atoms with Gasteiger partial charge in [-0.05, 0) is 30.6 Å². The van der Waals surface area contributed by atoms with Gasteiger partial charge in [0.25, 0.3) is 0 Å². The number of hydrogen-bond donors (Lipinski definition) is 1. The van der Waals surface area contributed by atoms with Crippen LogP contribution < -0.4 is 0 Å². The quantitative estimate of drug-likeness (QED) is 0.594. The van der Waals surface area contributed by atoms with Gasteiger partial charge in [-0.2, -0.15) is 0 Å². The van der Waals surface area contributed by atoms with Crippen LogP contribution in [-0.4, -0.2) is 11.2 Å². The van der Waals surface area contributed by atoms with Crippen molar-refractivity contribution < 1.29 is 5.11 Å². The maximum absolute atomic E-state index is 9.23. The molecule has 0 aromatic carbocycles. The fourth-order valence-corrected chi connectivity index (χ4v) is 1.74. The highest BCUT2D eigenvalue weighted by Crippen LogP contribution is 2.52. The van der Waals surface area contributed by atoms with Gasteiger partial charge in [-0.25, -0.2) is 0 Å². The summed E-state index contributed by atoms with van der Waals surface area (Å²) in [5.41, 5.74) is 0.404. The normalized spacial score (nSPS) is 35.7. The smallest absolute Gasteiger partial charge is 0.0543 e. The third-order valence-corrected chi connectivity index (χ3v) is 2.57. The van der Waals surface area contributed by atoms with E-state index in [1.54, 1.807) is 0 Å². The molecule has 60 valence electrons. The van der Waals surface area contributed by atoms with Crippen LogP contribution in [0.4, 0.5) is 0 Å². The van der Waals surface area contributed by atoms with Gasteiger partial charge in [0.2, 0.25) is 0 Å². The molecule has 0 bridgehead atoms. The van der Waals surface area contributed by atoms with Gasteiger partial charge in [0.15, 0.2) is 0 Å². The van der Waals surface area contributed by atoms with Gasteiger partial charge in [0.1, 0.15) is 0 Å².